The van der Waals surface area contributed by atoms with Crippen LogP contribution in [0.2, 0.25) is 10.0 Å². The third-order valence-corrected chi connectivity index (χ3v) is 7.36. The predicted molar refractivity (Wildman–Crippen MR) is 147 cm³/mol. The van der Waals surface area contributed by atoms with Gasteiger partial charge in [0.1, 0.15) is 0 Å². The van der Waals surface area contributed by atoms with E-state index in [0.717, 1.165) is 17.7 Å². The highest BCUT2D eigenvalue weighted by Gasteiger charge is 2.62. The van der Waals surface area contributed by atoms with E-state index in [4.69, 9.17) is 28.0 Å². The van der Waals surface area contributed by atoms with Crippen LogP contribution in [0.3, 0.4) is 0 Å². The summed E-state index contributed by atoms with van der Waals surface area (Å²) in [6.45, 7) is 1.65. The first-order valence-corrected chi connectivity index (χ1v) is 12.9. The summed E-state index contributed by atoms with van der Waals surface area (Å²) in [5.41, 5.74) is -1.50. The maximum absolute atomic E-state index is 14.4. The smallest absolute Gasteiger partial charge is 0.374 e. The highest BCUT2D eigenvalue weighted by Crippen LogP contribution is 2.50. The van der Waals surface area contributed by atoms with Crippen molar-refractivity contribution in [2.24, 2.45) is 12.2 Å². The summed E-state index contributed by atoms with van der Waals surface area (Å²) < 4.78 is 58.5. The van der Waals surface area contributed by atoms with E-state index in [-0.39, 0.29) is 11.7 Å². The van der Waals surface area contributed by atoms with Crippen molar-refractivity contribution >= 4 is 40.8 Å². The van der Waals surface area contributed by atoms with E-state index in [1.54, 1.807) is 24.7 Å². The van der Waals surface area contributed by atoms with Gasteiger partial charge in [0, 0.05) is 37.2 Å². The minimum Gasteiger partial charge on any atom is -0.374 e. The number of oxime groups is 1. The van der Waals surface area contributed by atoms with Crippen LogP contribution in [0.15, 0.2) is 65.8 Å². The van der Waals surface area contributed by atoms with Crippen molar-refractivity contribution in [3.8, 4) is 11.4 Å². The van der Waals surface area contributed by atoms with Gasteiger partial charge in [-0.25, -0.2) is 9.07 Å². The van der Waals surface area contributed by atoms with E-state index in [1.807, 2.05) is 30.3 Å². The van der Waals surface area contributed by atoms with Crippen molar-refractivity contribution in [3.05, 3.63) is 98.8 Å². The number of hydrogen-bond acceptors (Lipinski definition) is 5. The van der Waals surface area contributed by atoms with E-state index >= 15 is 0 Å². The zero-order valence-corrected chi connectivity index (χ0v) is 23.3. The summed E-state index contributed by atoms with van der Waals surface area (Å²) in [6.07, 6.45) is -5.66. The first kappa shape index (κ1) is 28.6. The van der Waals surface area contributed by atoms with Gasteiger partial charge < -0.3 is 4.84 Å². The Labute approximate surface area is 241 Å². The van der Waals surface area contributed by atoms with Crippen LogP contribution in [0.5, 0.6) is 0 Å². The predicted octanol–water partition coefficient (Wildman–Crippen LogP) is 7.10. The molecule has 2 heterocycles. The number of carbonyl (C=O) groups excluding carboxylic acids is 1. The van der Waals surface area contributed by atoms with E-state index in [0.29, 0.717) is 22.5 Å². The molecule has 0 saturated carbocycles. The summed E-state index contributed by atoms with van der Waals surface area (Å²) in [5.74, 6) is -0.695. The molecule has 4 aromatic rings. The number of alkyl halides is 3. The molecule has 0 spiro atoms. The lowest BCUT2D eigenvalue weighted by molar-refractivity contribution is -0.275. The molecule has 41 heavy (non-hydrogen) atoms. The molecule has 5 rings (SSSR count). The number of benzene rings is 3. The standard InChI is InChI=1S/C28H21Cl2F4N5O2/c1-15-11-17(22-14-27(41-37-22,28(32,33)34)18-12-20(29)23(31)21(30)13-18)9-10-19(15)25(40)38(2)26-35-24(39(3)36-26)16-7-5-4-6-8-16/h4-13H,14H2,1-3H3. The minimum atomic E-state index is -4.94. The number of aryl methyl sites for hydroxylation is 2. The molecular formula is C28H21Cl2F4N5O2. The molecule has 0 radical (unpaired) electrons. The molecule has 13 heteroatoms. The molecule has 0 saturated heterocycles. The maximum Gasteiger partial charge on any atom is 0.435 e. The molecule has 0 fully saturated rings. The second-order valence-electron chi connectivity index (χ2n) is 9.50. The van der Waals surface area contributed by atoms with Crippen LogP contribution in [0.25, 0.3) is 11.4 Å². The molecule has 3 aromatic carbocycles. The number of nitrogens with zero attached hydrogens (tertiary/aromatic N) is 5. The summed E-state index contributed by atoms with van der Waals surface area (Å²) in [5, 5.41) is 6.93. The van der Waals surface area contributed by atoms with Gasteiger partial charge in [-0.05, 0) is 42.3 Å². The van der Waals surface area contributed by atoms with Gasteiger partial charge in [-0.3, -0.25) is 9.69 Å². The van der Waals surface area contributed by atoms with Crippen molar-refractivity contribution in [1.82, 2.24) is 14.8 Å². The molecule has 1 atom stereocenters. The van der Waals surface area contributed by atoms with Crippen LogP contribution in [-0.4, -0.2) is 39.6 Å². The summed E-state index contributed by atoms with van der Waals surface area (Å²) in [6, 6.07) is 15.5. The molecule has 1 unspecified atom stereocenters. The Morgan fingerprint density at radius 3 is 2.32 bits per heavy atom. The Hall–Kier alpha value is -3.96. The fourth-order valence-corrected chi connectivity index (χ4v) is 5.04. The summed E-state index contributed by atoms with van der Waals surface area (Å²) in [7, 11) is 3.25. The molecule has 212 valence electrons. The van der Waals surface area contributed by atoms with Gasteiger partial charge in [0.25, 0.3) is 17.5 Å². The Balaban J connectivity index is 1.40. The Morgan fingerprint density at radius 1 is 1.05 bits per heavy atom. The fraction of sp³-hybridized carbons (Fsp3) is 0.214. The summed E-state index contributed by atoms with van der Waals surface area (Å²) in [4.78, 5) is 24.1. The van der Waals surface area contributed by atoms with E-state index < -0.39 is 45.5 Å². The van der Waals surface area contributed by atoms with Crippen molar-refractivity contribution in [2.45, 2.75) is 25.1 Å². The minimum absolute atomic E-state index is 0.0201. The molecule has 1 aliphatic heterocycles. The van der Waals surface area contributed by atoms with Gasteiger partial charge in [-0.2, -0.15) is 18.2 Å². The SMILES string of the molecule is Cc1cc(C2=NOC(c3cc(Cl)c(F)c(Cl)c3)(C(F)(F)F)C2)ccc1C(=O)N(C)c1nc(-c2ccccc2)n(C)n1. The van der Waals surface area contributed by atoms with Crippen LogP contribution in [0, 0.1) is 12.7 Å². The van der Waals surface area contributed by atoms with Crippen molar-refractivity contribution in [2.75, 3.05) is 11.9 Å². The van der Waals surface area contributed by atoms with E-state index in [9.17, 15) is 22.4 Å². The number of hydrogen-bond donors (Lipinski definition) is 0. The molecular weight excluding hydrogens is 585 g/mol. The molecule has 0 aliphatic carbocycles. The molecule has 0 N–H and O–H groups in total. The van der Waals surface area contributed by atoms with Gasteiger partial charge in [-0.15, -0.1) is 5.10 Å². The van der Waals surface area contributed by atoms with E-state index in [2.05, 4.69) is 15.2 Å². The van der Waals surface area contributed by atoms with Crippen LogP contribution in [-0.2, 0) is 17.5 Å². The monoisotopic (exact) mass is 605 g/mol. The topological polar surface area (TPSA) is 72.6 Å². The lowest BCUT2D eigenvalue weighted by atomic mass is 9.86. The van der Waals surface area contributed by atoms with E-state index in [1.165, 1.54) is 24.1 Å². The fourth-order valence-electron chi connectivity index (χ4n) is 4.55. The second-order valence-corrected chi connectivity index (χ2v) is 10.3. The largest absolute Gasteiger partial charge is 0.435 e. The van der Waals surface area contributed by atoms with Gasteiger partial charge in [0.05, 0.1) is 15.8 Å². The van der Waals surface area contributed by atoms with Gasteiger partial charge in [-0.1, -0.05) is 64.8 Å². The van der Waals surface area contributed by atoms with Crippen LogP contribution < -0.4 is 4.90 Å². The molecule has 7 nitrogen and oxygen atoms in total. The molecule has 1 aliphatic rings. The third-order valence-electron chi connectivity index (χ3n) is 6.81. The number of amides is 1. The Kier molecular flexibility index (Phi) is 7.29. The zero-order chi connectivity index (χ0) is 29.7. The number of anilines is 1. The van der Waals surface area contributed by atoms with Crippen molar-refractivity contribution < 1.29 is 27.2 Å². The first-order valence-electron chi connectivity index (χ1n) is 12.1. The third kappa shape index (κ3) is 5.04. The Morgan fingerprint density at radius 2 is 1.71 bits per heavy atom. The second kappa shape index (κ2) is 10.5. The lowest BCUT2D eigenvalue weighted by Crippen LogP contribution is -2.42. The van der Waals surface area contributed by atoms with Crippen LogP contribution >= 0.6 is 23.2 Å². The molecule has 1 amide bonds. The molecule has 1 aromatic heterocycles. The highest BCUT2D eigenvalue weighted by molar-refractivity contribution is 6.35. The van der Waals surface area contributed by atoms with Crippen molar-refractivity contribution in [1.29, 1.82) is 0 Å². The van der Waals surface area contributed by atoms with Crippen LogP contribution in [0.4, 0.5) is 23.5 Å². The average molecular weight is 606 g/mol. The van der Waals surface area contributed by atoms with Gasteiger partial charge in [0.15, 0.2) is 11.6 Å². The van der Waals surface area contributed by atoms with Gasteiger partial charge >= 0.3 is 6.18 Å². The quantitative estimate of drug-likeness (QED) is 0.180. The zero-order valence-electron chi connectivity index (χ0n) is 21.8. The number of halogens is 6. The van der Waals surface area contributed by atoms with Crippen LogP contribution in [0.1, 0.15) is 33.5 Å². The first-order chi connectivity index (χ1) is 19.3. The average Bonchev–Trinajstić information content (AvgIpc) is 3.56. The van der Waals surface area contributed by atoms with Crippen molar-refractivity contribution in [3.63, 3.8) is 0 Å². The summed E-state index contributed by atoms with van der Waals surface area (Å²) >= 11 is 11.6. The Bertz CT molecular complexity index is 1670. The highest BCUT2D eigenvalue weighted by atomic mass is 35.5. The lowest BCUT2D eigenvalue weighted by Gasteiger charge is -2.29. The normalized spacial score (nSPS) is 16.9. The molecule has 0 bridgehead atoms. The number of rotatable bonds is 5. The number of carbonyl (C=O) groups is 1. The maximum atomic E-state index is 14.4. The van der Waals surface area contributed by atoms with Gasteiger partial charge in [0.2, 0.25) is 0 Å². The number of aromatic nitrogens is 3.